The lowest BCUT2D eigenvalue weighted by atomic mass is 9.98. The Morgan fingerprint density at radius 3 is 2.71 bits per heavy atom. The molecule has 1 heterocycles. The smallest absolute Gasteiger partial charge is 0.242 e. The van der Waals surface area contributed by atoms with Crippen molar-refractivity contribution in [2.45, 2.75) is 32.2 Å². The van der Waals surface area contributed by atoms with Crippen LogP contribution in [-0.2, 0) is 4.79 Å². The predicted octanol–water partition coefficient (Wildman–Crippen LogP) is 1.16. The lowest BCUT2D eigenvalue weighted by Crippen LogP contribution is -2.51. The van der Waals surface area contributed by atoms with Gasteiger partial charge in [0.1, 0.15) is 0 Å². The van der Waals surface area contributed by atoms with Crippen molar-refractivity contribution < 1.29 is 4.79 Å². The molecule has 1 fully saturated rings. The van der Waals surface area contributed by atoms with E-state index in [1.165, 1.54) is 0 Å². The van der Waals surface area contributed by atoms with Crippen LogP contribution >= 0.6 is 0 Å². The highest BCUT2D eigenvalue weighted by molar-refractivity contribution is 5.86. The number of nitrogens with zero attached hydrogens (tertiary/aromatic N) is 1. The highest BCUT2D eigenvalue weighted by atomic mass is 16.2. The molecule has 0 bridgehead atoms. The topological polar surface area (TPSA) is 32.3 Å². The van der Waals surface area contributed by atoms with Crippen molar-refractivity contribution in [1.82, 2.24) is 10.2 Å². The van der Waals surface area contributed by atoms with E-state index >= 15 is 0 Å². The summed E-state index contributed by atoms with van der Waals surface area (Å²) in [6, 6.07) is 0. The van der Waals surface area contributed by atoms with Gasteiger partial charge in [-0.2, -0.15) is 0 Å². The fourth-order valence-electron chi connectivity index (χ4n) is 1.98. The van der Waals surface area contributed by atoms with Gasteiger partial charge in [-0.3, -0.25) is 4.79 Å². The summed E-state index contributed by atoms with van der Waals surface area (Å²) in [7, 11) is 1.84. The number of carbonyl (C=O) groups is 1. The Morgan fingerprint density at radius 2 is 2.29 bits per heavy atom. The van der Waals surface area contributed by atoms with Crippen LogP contribution in [0.25, 0.3) is 0 Å². The molecule has 1 atom stereocenters. The predicted molar refractivity (Wildman–Crippen MR) is 58.1 cm³/mol. The number of nitrogens with one attached hydrogen (secondary N) is 1. The maximum atomic E-state index is 12.0. The molecular weight excluding hydrogens is 176 g/mol. The number of rotatable bonds is 3. The Morgan fingerprint density at radius 1 is 1.64 bits per heavy atom. The van der Waals surface area contributed by atoms with Crippen molar-refractivity contribution in [3.05, 3.63) is 12.2 Å². The van der Waals surface area contributed by atoms with Crippen LogP contribution in [0.5, 0.6) is 0 Å². The van der Waals surface area contributed by atoms with Crippen molar-refractivity contribution in [2.75, 3.05) is 20.1 Å². The van der Waals surface area contributed by atoms with Gasteiger partial charge in [0.2, 0.25) is 5.91 Å². The van der Waals surface area contributed by atoms with E-state index in [1.807, 2.05) is 20.9 Å². The Hall–Kier alpha value is -0.830. The van der Waals surface area contributed by atoms with E-state index in [2.05, 4.69) is 11.9 Å². The molecule has 1 aliphatic rings. The fourth-order valence-corrected chi connectivity index (χ4v) is 1.98. The van der Waals surface area contributed by atoms with E-state index in [0.29, 0.717) is 6.54 Å². The second-order valence-electron chi connectivity index (χ2n) is 4.48. The highest BCUT2D eigenvalue weighted by Crippen LogP contribution is 2.20. The first-order valence-corrected chi connectivity index (χ1v) is 5.11. The molecule has 0 radical (unpaired) electrons. The Kier molecular flexibility index (Phi) is 3.32. The molecule has 0 aromatic carbocycles. The Bertz CT molecular complexity index is 242. The minimum Gasteiger partial charge on any atom is -0.340 e. The summed E-state index contributed by atoms with van der Waals surface area (Å²) in [5, 5.41) is 3.27. The SMILES string of the molecule is C=C(C)CN(C)C(=O)C1(C)CCCN1. The van der Waals surface area contributed by atoms with Crippen molar-refractivity contribution in [2.24, 2.45) is 0 Å². The van der Waals surface area contributed by atoms with Crippen molar-refractivity contribution in [3.8, 4) is 0 Å². The third-order valence-electron chi connectivity index (χ3n) is 2.69. The maximum absolute atomic E-state index is 12.0. The third kappa shape index (κ3) is 2.35. The van der Waals surface area contributed by atoms with Crippen molar-refractivity contribution in [1.29, 1.82) is 0 Å². The molecule has 1 saturated heterocycles. The second-order valence-corrected chi connectivity index (χ2v) is 4.48. The molecule has 14 heavy (non-hydrogen) atoms. The highest BCUT2D eigenvalue weighted by Gasteiger charge is 2.37. The molecule has 0 aromatic heterocycles. The first-order valence-electron chi connectivity index (χ1n) is 5.11. The average molecular weight is 196 g/mol. The van der Waals surface area contributed by atoms with Gasteiger partial charge in [-0.15, -0.1) is 0 Å². The second kappa shape index (κ2) is 4.13. The molecule has 1 amide bonds. The van der Waals surface area contributed by atoms with Crippen LogP contribution in [0.4, 0.5) is 0 Å². The number of likely N-dealkylation sites (N-methyl/N-ethyl adjacent to an activating group) is 1. The average Bonchev–Trinajstić information content (AvgIpc) is 2.51. The van der Waals surface area contributed by atoms with E-state index in [-0.39, 0.29) is 11.4 Å². The van der Waals surface area contributed by atoms with Gasteiger partial charge in [0.05, 0.1) is 5.54 Å². The summed E-state index contributed by atoms with van der Waals surface area (Å²) in [4.78, 5) is 13.8. The van der Waals surface area contributed by atoms with Crippen molar-refractivity contribution >= 4 is 5.91 Å². The first kappa shape index (κ1) is 11.2. The van der Waals surface area contributed by atoms with Crippen LogP contribution in [0.2, 0.25) is 0 Å². The monoisotopic (exact) mass is 196 g/mol. The van der Waals surface area contributed by atoms with E-state index < -0.39 is 0 Å². The molecule has 0 saturated carbocycles. The summed E-state index contributed by atoms with van der Waals surface area (Å²) < 4.78 is 0. The number of hydrogen-bond acceptors (Lipinski definition) is 2. The quantitative estimate of drug-likeness (QED) is 0.687. The summed E-state index contributed by atoms with van der Waals surface area (Å²) in [5.74, 6) is 0.179. The summed E-state index contributed by atoms with van der Waals surface area (Å²) in [6.07, 6.45) is 2.02. The van der Waals surface area contributed by atoms with Gasteiger partial charge in [-0.1, -0.05) is 12.2 Å². The molecular formula is C11H20N2O. The minimum atomic E-state index is -0.343. The molecule has 0 aliphatic carbocycles. The van der Waals surface area contributed by atoms with Gasteiger partial charge in [0.25, 0.3) is 0 Å². The van der Waals surface area contributed by atoms with Crippen LogP contribution in [0.3, 0.4) is 0 Å². The van der Waals surface area contributed by atoms with Crippen LogP contribution in [-0.4, -0.2) is 36.5 Å². The van der Waals surface area contributed by atoms with Crippen LogP contribution in [0.15, 0.2) is 12.2 Å². The van der Waals surface area contributed by atoms with Gasteiger partial charge in [0, 0.05) is 13.6 Å². The van der Waals surface area contributed by atoms with Gasteiger partial charge >= 0.3 is 0 Å². The summed E-state index contributed by atoms with van der Waals surface area (Å²) in [5.41, 5.74) is 0.673. The molecule has 1 unspecified atom stereocenters. The lowest BCUT2D eigenvalue weighted by molar-refractivity contribution is -0.135. The normalized spacial score (nSPS) is 26.2. The molecule has 3 heteroatoms. The number of carbonyl (C=O) groups excluding carboxylic acids is 1. The van der Waals surface area contributed by atoms with E-state index in [9.17, 15) is 4.79 Å². The molecule has 80 valence electrons. The molecule has 3 nitrogen and oxygen atoms in total. The van der Waals surface area contributed by atoms with Gasteiger partial charge < -0.3 is 10.2 Å². The van der Waals surface area contributed by atoms with Crippen LogP contribution in [0, 0.1) is 0 Å². The number of hydrogen-bond donors (Lipinski definition) is 1. The van der Waals surface area contributed by atoms with Crippen LogP contribution in [0.1, 0.15) is 26.7 Å². The van der Waals surface area contributed by atoms with Crippen LogP contribution < -0.4 is 5.32 Å². The van der Waals surface area contributed by atoms with Crippen molar-refractivity contribution in [3.63, 3.8) is 0 Å². The Labute approximate surface area is 86.2 Å². The molecule has 1 aliphatic heterocycles. The van der Waals surface area contributed by atoms with Gasteiger partial charge in [0.15, 0.2) is 0 Å². The standard InChI is InChI=1S/C11H20N2O/c1-9(2)8-13(4)10(14)11(3)6-5-7-12-11/h12H,1,5-8H2,2-4H3. The fraction of sp³-hybridized carbons (Fsp3) is 0.727. The number of amides is 1. The third-order valence-corrected chi connectivity index (χ3v) is 2.69. The molecule has 0 aromatic rings. The molecule has 1 rings (SSSR count). The van der Waals surface area contributed by atoms with Gasteiger partial charge in [-0.25, -0.2) is 0 Å². The minimum absolute atomic E-state index is 0.179. The van der Waals surface area contributed by atoms with E-state index in [4.69, 9.17) is 0 Å². The zero-order valence-electron chi connectivity index (χ0n) is 9.39. The summed E-state index contributed by atoms with van der Waals surface area (Å²) in [6.45, 7) is 9.33. The zero-order chi connectivity index (χ0) is 10.8. The van der Waals surface area contributed by atoms with Gasteiger partial charge in [-0.05, 0) is 33.2 Å². The maximum Gasteiger partial charge on any atom is 0.242 e. The first-order chi connectivity index (χ1) is 6.46. The van der Waals surface area contributed by atoms with E-state index in [1.54, 1.807) is 4.90 Å². The zero-order valence-corrected chi connectivity index (χ0v) is 9.39. The summed E-state index contributed by atoms with van der Waals surface area (Å²) >= 11 is 0. The lowest BCUT2D eigenvalue weighted by Gasteiger charge is -2.29. The molecule has 0 spiro atoms. The van der Waals surface area contributed by atoms with E-state index in [0.717, 1.165) is 25.0 Å². The Balaban J connectivity index is 2.59. The largest absolute Gasteiger partial charge is 0.340 e. The molecule has 1 N–H and O–H groups in total.